The van der Waals surface area contributed by atoms with E-state index in [1.54, 1.807) is 0 Å². The summed E-state index contributed by atoms with van der Waals surface area (Å²) < 4.78 is 0. The van der Waals surface area contributed by atoms with Gasteiger partial charge in [0, 0.05) is 13.1 Å². The van der Waals surface area contributed by atoms with Crippen molar-refractivity contribution in [2.24, 2.45) is 0 Å². The maximum atomic E-state index is 11.8. The lowest BCUT2D eigenvalue weighted by atomic mass is 9.94. The smallest absolute Gasteiger partial charge is 0.246 e. The van der Waals surface area contributed by atoms with E-state index in [4.69, 9.17) is 0 Å². The van der Waals surface area contributed by atoms with Crippen LogP contribution in [0.2, 0.25) is 0 Å². The summed E-state index contributed by atoms with van der Waals surface area (Å²) in [6.45, 7) is 7.13. The minimum atomic E-state index is 0.0152. The Hall–Kier alpha value is -2.35. The number of amides is 1. The standard InChI is InChI=1S/C19H19NO/c1-3-19(21)20-11-10-16-8-9-17(12-18(16)13-20)15-6-4-14(2)5-7-15/h3-9,12H,1,10-11,13H2,2H3. The van der Waals surface area contributed by atoms with Crippen molar-refractivity contribution in [3.8, 4) is 11.1 Å². The molecule has 2 heteroatoms. The molecule has 0 saturated heterocycles. The van der Waals surface area contributed by atoms with Gasteiger partial charge in [0.2, 0.25) is 5.91 Å². The minimum absolute atomic E-state index is 0.0152. The largest absolute Gasteiger partial charge is 0.335 e. The van der Waals surface area contributed by atoms with Gasteiger partial charge in [0.25, 0.3) is 0 Å². The van der Waals surface area contributed by atoms with Gasteiger partial charge in [-0.15, -0.1) is 0 Å². The molecule has 0 fully saturated rings. The van der Waals surface area contributed by atoms with Crippen molar-refractivity contribution >= 4 is 5.91 Å². The summed E-state index contributed by atoms with van der Waals surface area (Å²) in [4.78, 5) is 13.6. The van der Waals surface area contributed by atoms with Gasteiger partial charge in [-0.2, -0.15) is 0 Å². The third-order valence-corrected chi connectivity index (χ3v) is 4.09. The van der Waals surface area contributed by atoms with Crippen molar-refractivity contribution in [2.75, 3.05) is 6.54 Å². The normalized spacial score (nSPS) is 13.7. The number of rotatable bonds is 2. The molecule has 2 nitrogen and oxygen atoms in total. The number of hydrogen-bond donors (Lipinski definition) is 0. The summed E-state index contributed by atoms with van der Waals surface area (Å²) in [5, 5.41) is 0. The Balaban J connectivity index is 1.92. The van der Waals surface area contributed by atoms with E-state index >= 15 is 0 Å². The second kappa shape index (κ2) is 5.57. The Morgan fingerprint density at radius 1 is 1.10 bits per heavy atom. The van der Waals surface area contributed by atoms with Crippen LogP contribution in [0.3, 0.4) is 0 Å². The molecule has 21 heavy (non-hydrogen) atoms. The molecular formula is C19H19NO. The fraction of sp³-hybridized carbons (Fsp3) is 0.211. The molecule has 0 aliphatic carbocycles. The van der Waals surface area contributed by atoms with E-state index in [0.717, 1.165) is 13.0 Å². The minimum Gasteiger partial charge on any atom is -0.335 e. The molecule has 0 spiro atoms. The third kappa shape index (κ3) is 2.75. The van der Waals surface area contributed by atoms with Crippen LogP contribution in [0.25, 0.3) is 11.1 Å². The molecule has 2 aromatic rings. The molecule has 106 valence electrons. The summed E-state index contributed by atoms with van der Waals surface area (Å²) in [7, 11) is 0. The van der Waals surface area contributed by atoms with Crippen LogP contribution in [0.5, 0.6) is 0 Å². The predicted molar refractivity (Wildman–Crippen MR) is 85.9 cm³/mol. The second-order valence-electron chi connectivity index (χ2n) is 5.56. The van der Waals surface area contributed by atoms with Crippen molar-refractivity contribution in [2.45, 2.75) is 19.9 Å². The highest BCUT2D eigenvalue weighted by Crippen LogP contribution is 2.26. The van der Waals surface area contributed by atoms with E-state index < -0.39 is 0 Å². The van der Waals surface area contributed by atoms with Crippen molar-refractivity contribution in [1.29, 1.82) is 0 Å². The van der Waals surface area contributed by atoms with E-state index in [2.05, 4.69) is 56.0 Å². The molecule has 1 aliphatic heterocycles. The number of benzene rings is 2. The first-order valence-electron chi connectivity index (χ1n) is 7.27. The van der Waals surface area contributed by atoms with Crippen LogP contribution in [0.1, 0.15) is 16.7 Å². The van der Waals surface area contributed by atoms with Gasteiger partial charge in [0.05, 0.1) is 0 Å². The van der Waals surface area contributed by atoms with Gasteiger partial charge in [-0.05, 0) is 47.7 Å². The number of carbonyl (C=O) groups excluding carboxylic acids is 1. The average Bonchev–Trinajstić information content (AvgIpc) is 2.53. The maximum Gasteiger partial charge on any atom is 0.246 e. The molecule has 1 aliphatic rings. The molecule has 0 atom stereocenters. The van der Waals surface area contributed by atoms with Crippen LogP contribution in [0, 0.1) is 6.92 Å². The highest BCUT2D eigenvalue weighted by molar-refractivity contribution is 5.87. The number of nitrogens with zero attached hydrogens (tertiary/aromatic N) is 1. The maximum absolute atomic E-state index is 11.8. The topological polar surface area (TPSA) is 20.3 Å². The molecule has 0 radical (unpaired) electrons. The SMILES string of the molecule is C=CC(=O)N1CCc2ccc(-c3ccc(C)cc3)cc2C1. The van der Waals surface area contributed by atoms with E-state index in [9.17, 15) is 4.79 Å². The summed E-state index contributed by atoms with van der Waals surface area (Å²) in [6, 6.07) is 15.1. The number of aryl methyl sites for hydroxylation is 1. The zero-order valence-electron chi connectivity index (χ0n) is 12.3. The predicted octanol–water partition coefficient (Wildman–Crippen LogP) is 3.73. The van der Waals surface area contributed by atoms with E-state index in [1.165, 1.54) is 33.9 Å². The molecule has 2 aromatic carbocycles. The monoisotopic (exact) mass is 277 g/mol. The van der Waals surface area contributed by atoms with Crippen LogP contribution >= 0.6 is 0 Å². The lowest BCUT2D eigenvalue weighted by Crippen LogP contribution is -2.34. The lowest BCUT2D eigenvalue weighted by molar-refractivity contribution is -0.126. The Kier molecular flexibility index (Phi) is 3.61. The zero-order valence-corrected chi connectivity index (χ0v) is 12.3. The molecular weight excluding hydrogens is 258 g/mol. The zero-order chi connectivity index (χ0) is 14.8. The van der Waals surface area contributed by atoms with E-state index in [1.807, 2.05) is 4.90 Å². The van der Waals surface area contributed by atoms with Gasteiger partial charge in [0.1, 0.15) is 0 Å². The van der Waals surface area contributed by atoms with Crippen LogP contribution in [-0.4, -0.2) is 17.4 Å². The van der Waals surface area contributed by atoms with Gasteiger partial charge < -0.3 is 4.90 Å². The average molecular weight is 277 g/mol. The summed E-state index contributed by atoms with van der Waals surface area (Å²) in [6.07, 6.45) is 2.32. The van der Waals surface area contributed by atoms with Crippen LogP contribution in [0.4, 0.5) is 0 Å². The Morgan fingerprint density at radius 3 is 2.52 bits per heavy atom. The van der Waals surface area contributed by atoms with Crippen molar-refractivity contribution in [3.63, 3.8) is 0 Å². The second-order valence-corrected chi connectivity index (χ2v) is 5.56. The molecule has 1 heterocycles. The molecule has 1 amide bonds. The van der Waals surface area contributed by atoms with E-state index in [-0.39, 0.29) is 5.91 Å². The van der Waals surface area contributed by atoms with Gasteiger partial charge in [0.15, 0.2) is 0 Å². The first kappa shape index (κ1) is 13.6. The van der Waals surface area contributed by atoms with Crippen LogP contribution < -0.4 is 0 Å². The number of carbonyl (C=O) groups is 1. The molecule has 3 rings (SSSR count). The number of fused-ring (bicyclic) bond motifs is 1. The molecule has 0 bridgehead atoms. The lowest BCUT2D eigenvalue weighted by Gasteiger charge is -2.28. The Morgan fingerprint density at radius 2 is 1.81 bits per heavy atom. The summed E-state index contributed by atoms with van der Waals surface area (Å²) in [5.41, 5.74) is 6.28. The first-order chi connectivity index (χ1) is 10.2. The number of hydrogen-bond acceptors (Lipinski definition) is 1. The first-order valence-corrected chi connectivity index (χ1v) is 7.27. The quantitative estimate of drug-likeness (QED) is 0.766. The fourth-order valence-corrected chi connectivity index (χ4v) is 2.80. The Bertz CT molecular complexity index is 685. The molecule has 0 N–H and O–H groups in total. The van der Waals surface area contributed by atoms with Crippen LogP contribution in [0.15, 0.2) is 55.1 Å². The molecule has 0 unspecified atom stereocenters. The van der Waals surface area contributed by atoms with Gasteiger partial charge >= 0.3 is 0 Å². The van der Waals surface area contributed by atoms with Crippen molar-refractivity contribution in [3.05, 3.63) is 71.8 Å². The van der Waals surface area contributed by atoms with Crippen molar-refractivity contribution in [1.82, 2.24) is 4.90 Å². The Labute approximate surface area is 125 Å². The third-order valence-electron chi connectivity index (χ3n) is 4.09. The van der Waals surface area contributed by atoms with Gasteiger partial charge in [-0.25, -0.2) is 0 Å². The van der Waals surface area contributed by atoms with Gasteiger partial charge in [-0.1, -0.05) is 48.5 Å². The van der Waals surface area contributed by atoms with Crippen molar-refractivity contribution < 1.29 is 4.79 Å². The summed E-state index contributed by atoms with van der Waals surface area (Å²) in [5.74, 6) is 0.0152. The fourth-order valence-electron chi connectivity index (χ4n) is 2.80. The van der Waals surface area contributed by atoms with Gasteiger partial charge in [-0.3, -0.25) is 4.79 Å². The summed E-state index contributed by atoms with van der Waals surface area (Å²) >= 11 is 0. The van der Waals surface area contributed by atoms with E-state index in [0.29, 0.717) is 6.54 Å². The highest BCUT2D eigenvalue weighted by atomic mass is 16.2. The highest BCUT2D eigenvalue weighted by Gasteiger charge is 2.19. The molecule has 0 aromatic heterocycles. The molecule has 0 saturated carbocycles. The van der Waals surface area contributed by atoms with Crippen LogP contribution in [-0.2, 0) is 17.8 Å².